The van der Waals surface area contributed by atoms with Crippen molar-refractivity contribution in [2.45, 2.75) is 33.6 Å². The number of halogens is 2. The standard InChI is InChI=1S/C15H23ClFN/c1-4-12(10-18-9-11(2)3)8-13-6-5-7-14(16)15(13)17/h5-7,11-12,18H,4,8-10H2,1-3H3. The minimum absolute atomic E-state index is 0.220. The molecular weight excluding hydrogens is 249 g/mol. The molecule has 0 bridgehead atoms. The third kappa shape index (κ3) is 4.95. The van der Waals surface area contributed by atoms with Crippen LogP contribution in [0.3, 0.4) is 0 Å². The molecule has 0 saturated heterocycles. The van der Waals surface area contributed by atoms with E-state index in [0.29, 0.717) is 11.8 Å². The van der Waals surface area contributed by atoms with Crippen molar-refractivity contribution in [3.8, 4) is 0 Å². The van der Waals surface area contributed by atoms with Gasteiger partial charge in [-0.25, -0.2) is 4.39 Å². The van der Waals surface area contributed by atoms with Gasteiger partial charge in [0.2, 0.25) is 0 Å². The molecule has 0 radical (unpaired) electrons. The van der Waals surface area contributed by atoms with Crippen LogP contribution < -0.4 is 5.32 Å². The van der Waals surface area contributed by atoms with E-state index in [0.717, 1.165) is 31.5 Å². The monoisotopic (exact) mass is 271 g/mol. The minimum Gasteiger partial charge on any atom is -0.316 e. The van der Waals surface area contributed by atoms with Crippen molar-refractivity contribution < 1.29 is 4.39 Å². The zero-order chi connectivity index (χ0) is 13.5. The maximum Gasteiger partial charge on any atom is 0.144 e. The second kappa shape index (κ2) is 7.75. The van der Waals surface area contributed by atoms with Crippen LogP contribution in [0, 0.1) is 17.7 Å². The molecule has 0 saturated carbocycles. The normalized spacial score (nSPS) is 13.0. The summed E-state index contributed by atoms with van der Waals surface area (Å²) in [6.07, 6.45) is 1.78. The highest BCUT2D eigenvalue weighted by Crippen LogP contribution is 2.21. The van der Waals surface area contributed by atoms with Crippen LogP contribution in [0.15, 0.2) is 18.2 Å². The number of benzene rings is 1. The molecule has 1 rings (SSSR count). The van der Waals surface area contributed by atoms with E-state index in [-0.39, 0.29) is 10.8 Å². The largest absolute Gasteiger partial charge is 0.316 e. The highest BCUT2D eigenvalue weighted by molar-refractivity contribution is 6.30. The summed E-state index contributed by atoms with van der Waals surface area (Å²) in [6.45, 7) is 8.45. The van der Waals surface area contributed by atoms with E-state index in [1.54, 1.807) is 6.07 Å². The van der Waals surface area contributed by atoms with E-state index in [2.05, 4.69) is 26.1 Å². The van der Waals surface area contributed by atoms with E-state index in [1.807, 2.05) is 12.1 Å². The van der Waals surface area contributed by atoms with Crippen LogP contribution in [0.2, 0.25) is 5.02 Å². The molecule has 1 unspecified atom stereocenters. The van der Waals surface area contributed by atoms with Crippen LogP contribution in [0.5, 0.6) is 0 Å². The van der Waals surface area contributed by atoms with Gasteiger partial charge in [0.15, 0.2) is 0 Å². The molecule has 1 nitrogen and oxygen atoms in total. The maximum absolute atomic E-state index is 13.8. The minimum atomic E-state index is -0.263. The van der Waals surface area contributed by atoms with E-state index in [9.17, 15) is 4.39 Å². The highest BCUT2D eigenvalue weighted by Gasteiger charge is 2.12. The first-order chi connectivity index (χ1) is 8.54. The Hall–Kier alpha value is -0.600. The number of nitrogens with one attached hydrogen (secondary N) is 1. The molecule has 1 atom stereocenters. The molecule has 1 N–H and O–H groups in total. The van der Waals surface area contributed by atoms with Gasteiger partial charge < -0.3 is 5.32 Å². The molecule has 0 aromatic heterocycles. The van der Waals surface area contributed by atoms with Crippen molar-refractivity contribution >= 4 is 11.6 Å². The molecule has 0 aliphatic rings. The van der Waals surface area contributed by atoms with Gasteiger partial charge in [-0.1, -0.05) is 50.9 Å². The first kappa shape index (κ1) is 15.5. The summed E-state index contributed by atoms with van der Waals surface area (Å²) in [5.41, 5.74) is 0.723. The van der Waals surface area contributed by atoms with E-state index >= 15 is 0 Å². The first-order valence-electron chi connectivity index (χ1n) is 6.68. The van der Waals surface area contributed by atoms with Gasteiger partial charge in [0.05, 0.1) is 5.02 Å². The Labute approximate surface area is 115 Å². The van der Waals surface area contributed by atoms with Gasteiger partial charge in [0, 0.05) is 0 Å². The lowest BCUT2D eigenvalue weighted by molar-refractivity contribution is 0.431. The van der Waals surface area contributed by atoms with Crippen LogP contribution in [0.25, 0.3) is 0 Å². The molecular formula is C15H23ClFN. The van der Waals surface area contributed by atoms with Gasteiger partial charge in [0.1, 0.15) is 5.82 Å². The van der Waals surface area contributed by atoms with Crippen molar-refractivity contribution in [2.24, 2.45) is 11.8 Å². The lowest BCUT2D eigenvalue weighted by Crippen LogP contribution is -2.27. The SMILES string of the molecule is CCC(CNCC(C)C)Cc1cccc(Cl)c1F. The lowest BCUT2D eigenvalue weighted by Gasteiger charge is -2.17. The predicted octanol–water partition coefficient (Wildman–Crippen LogP) is 4.29. The summed E-state index contributed by atoms with van der Waals surface area (Å²) in [5.74, 6) is 0.837. The Kier molecular flexibility index (Phi) is 6.66. The van der Waals surface area contributed by atoms with Gasteiger partial charge in [-0.15, -0.1) is 0 Å². The van der Waals surface area contributed by atoms with Crippen molar-refractivity contribution in [1.82, 2.24) is 5.32 Å². The van der Waals surface area contributed by atoms with Gasteiger partial charge >= 0.3 is 0 Å². The zero-order valence-corrected chi connectivity index (χ0v) is 12.2. The van der Waals surface area contributed by atoms with Crippen molar-refractivity contribution in [2.75, 3.05) is 13.1 Å². The molecule has 0 spiro atoms. The average molecular weight is 272 g/mol. The number of hydrogen-bond acceptors (Lipinski definition) is 1. The second-order valence-electron chi connectivity index (χ2n) is 5.24. The Balaban J connectivity index is 2.54. The average Bonchev–Trinajstić information content (AvgIpc) is 2.33. The topological polar surface area (TPSA) is 12.0 Å². The molecule has 0 amide bonds. The molecule has 1 aromatic carbocycles. The molecule has 0 aliphatic carbocycles. The van der Waals surface area contributed by atoms with Gasteiger partial charge in [0.25, 0.3) is 0 Å². The summed E-state index contributed by atoms with van der Waals surface area (Å²) in [7, 11) is 0. The zero-order valence-electron chi connectivity index (χ0n) is 11.5. The Morgan fingerprint density at radius 1 is 1.28 bits per heavy atom. The third-order valence-corrected chi connectivity index (χ3v) is 3.40. The summed E-state index contributed by atoms with van der Waals surface area (Å²) in [5, 5.41) is 3.65. The maximum atomic E-state index is 13.8. The Bertz CT molecular complexity index is 366. The lowest BCUT2D eigenvalue weighted by atomic mass is 9.96. The van der Waals surface area contributed by atoms with Gasteiger partial charge in [-0.3, -0.25) is 0 Å². The number of hydrogen-bond donors (Lipinski definition) is 1. The van der Waals surface area contributed by atoms with Gasteiger partial charge in [-0.2, -0.15) is 0 Å². The van der Waals surface area contributed by atoms with Crippen LogP contribution in [0.4, 0.5) is 4.39 Å². The van der Waals surface area contributed by atoms with Crippen LogP contribution in [0.1, 0.15) is 32.8 Å². The summed E-state index contributed by atoms with van der Waals surface area (Å²) < 4.78 is 13.8. The smallest absolute Gasteiger partial charge is 0.144 e. The van der Waals surface area contributed by atoms with E-state index in [4.69, 9.17) is 11.6 Å². The quantitative estimate of drug-likeness (QED) is 0.780. The summed E-state index contributed by atoms with van der Waals surface area (Å²) in [4.78, 5) is 0. The third-order valence-electron chi connectivity index (χ3n) is 3.10. The molecule has 3 heteroatoms. The predicted molar refractivity (Wildman–Crippen MR) is 76.6 cm³/mol. The molecule has 102 valence electrons. The van der Waals surface area contributed by atoms with Crippen LogP contribution >= 0.6 is 11.6 Å². The first-order valence-corrected chi connectivity index (χ1v) is 7.06. The van der Waals surface area contributed by atoms with Crippen LogP contribution in [-0.4, -0.2) is 13.1 Å². The van der Waals surface area contributed by atoms with E-state index in [1.165, 1.54) is 0 Å². The fourth-order valence-electron chi connectivity index (χ4n) is 1.95. The second-order valence-corrected chi connectivity index (χ2v) is 5.65. The Morgan fingerprint density at radius 2 is 2.00 bits per heavy atom. The van der Waals surface area contributed by atoms with Crippen molar-refractivity contribution in [3.05, 3.63) is 34.6 Å². The molecule has 0 heterocycles. The molecule has 0 aliphatic heterocycles. The van der Waals surface area contributed by atoms with Crippen molar-refractivity contribution in [1.29, 1.82) is 0 Å². The Morgan fingerprint density at radius 3 is 2.61 bits per heavy atom. The summed E-state index contributed by atoms with van der Waals surface area (Å²) >= 11 is 5.80. The van der Waals surface area contributed by atoms with Crippen LogP contribution in [-0.2, 0) is 6.42 Å². The fourth-order valence-corrected chi connectivity index (χ4v) is 2.15. The van der Waals surface area contributed by atoms with Gasteiger partial charge in [-0.05, 0) is 43.0 Å². The molecule has 0 fully saturated rings. The molecule has 18 heavy (non-hydrogen) atoms. The van der Waals surface area contributed by atoms with E-state index < -0.39 is 0 Å². The fraction of sp³-hybridized carbons (Fsp3) is 0.600. The molecule has 1 aromatic rings. The van der Waals surface area contributed by atoms with Crippen molar-refractivity contribution in [3.63, 3.8) is 0 Å². The summed E-state index contributed by atoms with van der Waals surface area (Å²) in [6, 6.07) is 5.24. The number of rotatable bonds is 7. The highest BCUT2D eigenvalue weighted by atomic mass is 35.5.